The summed E-state index contributed by atoms with van der Waals surface area (Å²) in [7, 11) is 0. The van der Waals surface area contributed by atoms with E-state index in [0.717, 1.165) is 51.3 Å². The van der Waals surface area contributed by atoms with Crippen molar-refractivity contribution in [2.45, 2.75) is 57.2 Å². The van der Waals surface area contributed by atoms with Crippen LogP contribution in [-0.2, 0) is 11.3 Å². The van der Waals surface area contributed by atoms with Crippen LogP contribution in [0.1, 0.15) is 44.2 Å². The molecule has 5 nitrogen and oxygen atoms in total. The van der Waals surface area contributed by atoms with Gasteiger partial charge in [-0.3, -0.25) is 19.6 Å². The zero-order valence-corrected chi connectivity index (χ0v) is 15.1. The van der Waals surface area contributed by atoms with Crippen LogP contribution in [0.25, 0.3) is 0 Å². The van der Waals surface area contributed by atoms with E-state index in [2.05, 4.69) is 32.2 Å². The molecule has 3 heterocycles. The van der Waals surface area contributed by atoms with E-state index in [9.17, 15) is 4.79 Å². The second kappa shape index (κ2) is 7.83. The highest BCUT2D eigenvalue weighted by Crippen LogP contribution is 2.26. The van der Waals surface area contributed by atoms with Crippen molar-refractivity contribution in [3.8, 4) is 0 Å². The molecule has 1 N–H and O–H groups in total. The topological polar surface area (TPSA) is 48.5 Å². The molecule has 1 atom stereocenters. The van der Waals surface area contributed by atoms with Gasteiger partial charge >= 0.3 is 0 Å². The summed E-state index contributed by atoms with van der Waals surface area (Å²) in [6.45, 7) is 5.36. The van der Waals surface area contributed by atoms with E-state index in [1.165, 1.54) is 25.7 Å². The Morgan fingerprint density at radius 1 is 1.12 bits per heavy atom. The van der Waals surface area contributed by atoms with Crippen molar-refractivity contribution in [2.24, 2.45) is 5.92 Å². The summed E-state index contributed by atoms with van der Waals surface area (Å²) in [5.74, 6) is 0.515. The van der Waals surface area contributed by atoms with Gasteiger partial charge in [-0.1, -0.05) is 6.07 Å². The van der Waals surface area contributed by atoms with Gasteiger partial charge in [0.05, 0.1) is 11.6 Å². The molecule has 2 saturated heterocycles. The van der Waals surface area contributed by atoms with Crippen molar-refractivity contribution in [3.63, 3.8) is 0 Å². The molecule has 3 aliphatic rings. The van der Waals surface area contributed by atoms with E-state index in [0.29, 0.717) is 18.0 Å². The smallest absolute Gasteiger partial charge is 0.224 e. The Morgan fingerprint density at radius 2 is 1.96 bits per heavy atom. The number of nitrogens with one attached hydrogen (secondary N) is 1. The molecule has 1 aromatic heterocycles. The third kappa shape index (κ3) is 4.59. The Balaban J connectivity index is 1.24. The number of hydrogen-bond donors (Lipinski definition) is 1. The molecular formula is C20H30N4O. The molecule has 5 heteroatoms. The zero-order valence-electron chi connectivity index (χ0n) is 15.1. The van der Waals surface area contributed by atoms with Crippen LogP contribution in [0, 0.1) is 5.92 Å². The van der Waals surface area contributed by atoms with E-state index >= 15 is 0 Å². The molecule has 3 fully saturated rings. The Kier molecular flexibility index (Phi) is 5.32. The summed E-state index contributed by atoms with van der Waals surface area (Å²) in [6.07, 6.45) is 8.88. The number of aromatic nitrogens is 1. The van der Waals surface area contributed by atoms with Crippen molar-refractivity contribution >= 4 is 5.91 Å². The number of nitrogens with zero attached hydrogens (tertiary/aromatic N) is 3. The molecule has 25 heavy (non-hydrogen) atoms. The summed E-state index contributed by atoms with van der Waals surface area (Å²) >= 11 is 0. The van der Waals surface area contributed by atoms with Gasteiger partial charge in [0.25, 0.3) is 0 Å². The van der Waals surface area contributed by atoms with Gasteiger partial charge in [0.2, 0.25) is 5.91 Å². The normalized spacial score (nSPS) is 26.5. The number of pyridine rings is 1. The number of amides is 1. The van der Waals surface area contributed by atoms with Crippen LogP contribution in [0.2, 0.25) is 0 Å². The molecule has 1 aromatic rings. The first kappa shape index (κ1) is 17.0. The largest absolute Gasteiger partial charge is 0.353 e. The predicted octanol–water partition coefficient (Wildman–Crippen LogP) is 2.04. The molecule has 0 spiro atoms. The summed E-state index contributed by atoms with van der Waals surface area (Å²) in [6, 6.07) is 7.28. The van der Waals surface area contributed by atoms with E-state index in [1.54, 1.807) is 0 Å². The number of piperidine rings is 2. The van der Waals surface area contributed by atoms with Crippen molar-refractivity contribution in [3.05, 3.63) is 30.1 Å². The number of hydrogen-bond acceptors (Lipinski definition) is 4. The van der Waals surface area contributed by atoms with Crippen LogP contribution < -0.4 is 5.32 Å². The van der Waals surface area contributed by atoms with Gasteiger partial charge in [0.15, 0.2) is 0 Å². The highest BCUT2D eigenvalue weighted by atomic mass is 16.2. The maximum Gasteiger partial charge on any atom is 0.224 e. The van der Waals surface area contributed by atoms with Gasteiger partial charge in [-0.05, 0) is 57.2 Å². The lowest BCUT2D eigenvalue weighted by Gasteiger charge is -2.42. The second-order valence-electron chi connectivity index (χ2n) is 7.95. The molecule has 1 unspecified atom stereocenters. The fourth-order valence-corrected chi connectivity index (χ4v) is 4.26. The van der Waals surface area contributed by atoms with Gasteiger partial charge in [-0.2, -0.15) is 0 Å². The Hall–Kier alpha value is -1.46. The first-order chi connectivity index (χ1) is 12.3. The lowest BCUT2D eigenvalue weighted by atomic mass is 9.93. The lowest BCUT2D eigenvalue weighted by Crippen LogP contribution is -2.50. The van der Waals surface area contributed by atoms with Gasteiger partial charge < -0.3 is 5.32 Å². The summed E-state index contributed by atoms with van der Waals surface area (Å²) in [5, 5.41) is 3.20. The number of rotatable bonds is 5. The van der Waals surface area contributed by atoms with E-state index < -0.39 is 0 Å². The predicted molar refractivity (Wildman–Crippen MR) is 98.0 cm³/mol. The third-order valence-corrected chi connectivity index (χ3v) is 5.93. The maximum atomic E-state index is 12.4. The van der Waals surface area contributed by atoms with Gasteiger partial charge in [0.1, 0.15) is 0 Å². The lowest BCUT2D eigenvalue weighted by molar-refractivity contribution is -0.127. The first-order valence-corrected chi connectivity index (χ1v) is 9.94. The third-order valence-electron chi connectivity index (χ3n) is 5.93. The van der Waals surface area contributed by atoms with Gasteiger partial charge in [-0.15, -0.1) is 0 Å². The SMILES string of the molecule is O=C(NC1CC1)C1CCCN(C2CCN(Cc3ccccn3)CC2)C1. The van der Waals surface area contributed by atoms with Gasteiger partial charge in [0, 0.05) is 44.5 Å². The van der Waals surface area contributed by atoms with E-state index in [4.69, 9.17) is 0 Å². The number of likely N-dealkylation sites (tertiary alicyclic amines) is 2. The molecule has 0 bridgehead atoms. The van der Waals surface area contributed by atoms with Crippen molar-refractivity contribution < 1.29 is 4.79 Å². The van der Waals surface area contributed by atoms with Crippen LogP contribution in [0.3, 0.4) is 0 Å². The summed E-state index contributed by atoms with van der Waals surface area (Å²) in [4.78, 5) is 21.9. The van der Waals surface area contributed by atoms with Crippen molar-refractivity contribution in [1.82, 2.24) is 20.1 Å². The van der Waals surface area contributed by atoms with Crippen LogP contribution in [0.4, 0.5) is 0 Å². The molecular weight excluding hydrogens is 312 g/mol. The minimum absolute atomic E-state index is 0.209. The van der Waals surface area contributed by atoms with Crippen LogP contribution in [-0.4, -0.2) is 59.0 Å². The molecule has 0 radical (unpaired) electrons. The standard InChI is InChI=1S/C20H30N4O/c25-20(22-17-6-7-17)16-4-3-11-24(14-16)19-8-12-23(13-9-19)15-18-5-1-2-10-21-18/h1-2,5,10,16-17,19H,3-4,6-9,11-15H2,(H,22,25). The molecule has 1 saturated carbocycles. The Labute approximate surface area is 150 Å². The maximum absolute atomic E-state index is 12.4. The van der Waals surface area contributed by atoms with Crippen LogP contribution >= 0.6 is 0 Å². The van der Waals surface area contributed by atoms with Crippen molar-refractivity contribution in [2.75, 3.05) is 26.2 Å². The van der Waals surface area contributed by atoms with Gasteiger partial charge in [-0.25, -0.2) is 0 Å². The van der Waals surface area contributed by atoms with E-state index in [1.807, 2.05) is 12.3 Å². The van der Waals surface area contributed by atoms with Crippen molar-refractivity contribution in [1.29, 1.82) is 0 Å². The first-order valence-electron chi connectivity index (χ1n) is 9.94. The molecule has 0 aromatic carbocycles. The molecule has 1 amide bonds. The Bertz CT molecular complexity index is 566. The molecule has 1 aliphatic carbocycles. The molecule has 2 aliphatic heterocycles. The highest BCUT2D eigenvalue weighted by Gasteiger charge is 2.33. The number of carbonyl (C=O) groups excluding carboxylic acids is 1. The average Bonchev–Trinajstić information content (AvgIpc) is 3.47. The Morgan fingerprint density at radius 3 is 2.68 bits per heavy atom. The fraction of sp³-hybridized carbons (Fsp3) is 0.700. The summed E-state index contributed by atoms with van der Waals surface area (Å²) < 4.78 is 0. The fourth-order valence-electron chi connectivity index (χ4n) is 4.26. The minimum Gasteiger partial charge on any atom is -0.353 e. The molecule has 4 rings (SSSR count). The second-order valence-corrected chi connectivity index (χ2v) is 7.95. The monoisotopic (exact) mass is 342 g/mol. The summed E-state index contributed by atoms with van der Waals surface area (Å²) in [5.41, 5.74) is 1.16. The zero-order chi connectivity index (χ0) is 17.1. The molecule has 136 valence electrons. The minimum atomic E-state index is 0.209. The highest BCUT2D eigenvalue weighted by molar-refractivity contribution is 5.79. The quantitative estimate of drug-likeness (QED) is 0.890. The van der Waals surface area contributed by atoms with Crippen LogP contribution in [0.15, 0.2) is 24.4 Å². The average molecular weight is 342 g/mol. The number of carbonyl (C=O) groups is 1. The van der Waals surface area contributed by atoms with E-state index in [-0.39, 0.29) is 5.92 Å². The van der Waals surface area contributed by atoms with Crippen LogP contribution in [0.5, 0.6) is 0 Å².